The fourth-order valence-corrected chi connectivity index (χ4v) is 3.36. The minimum absolute atomic E-state index is 0.0917. The Morgan fingerprint density at radius 1 is 1.21 bits per heavy atom. The predicted molar refractivity (Wildman–Crippen MR) is 97.3 cm³/mol. The minimum Gasteiger partial charge on any atom is -0.351 e. The second kappa shape index (κ2) is 7.92. The number of nitrogens with two attached hydrogens (primary N) is 1. The Morgan fingerprint density at radius 3 is 2.46 bits per heavy atom. The highest BCUT2D eigenvalue weighted by molar-refractivity contribution is 9.10. The van der Waals surface area contributed by atoms with Gasteiger partial charge in [-0.05, 0) is 46.1 Å². The van der Waals surface area contributed by atoms with Crippen LogP contribution in [0.25, 0.3) is 0 Å². The summed E-state index contributed by atoms with van der Waals surface area (Å²) in [4.78, 5) is 12.3. The third-order valence-electron chi connectivity index (χ3n) is 3.78. The molecule has 0 aliphatic rings. The standard InChI is InChI=1S/C17H19BrN2O3S/c1-2-12(13-6-4-3-5-7-13)11-20-17(21)15-10-14(24(19,22)23)8-9-16(15)18/h3-10,12H,2,11H2,1H3,(H,20,21)(H2,19,22,23)/t12-/m0/s1. The fourth-order valence-electron chi connectivity index (χ4n) is 2.39. The molecule has 2 aromatic carbocycles. The Balaban J connectivity index is 2.15. The Kier molecular flexibility index (Phi) is 6.15. The highest BCUT2D eigenvalue weighted by Crippen LogP contribution is 2.22. The van der Waals surface area contributed by atoms with Crippen molar-refractivity contribution in [1.82, 2.24) is 5.32 Å². The molecule has 1 amide bonds. The van der Waals surface area contributed by atoms with E-state index < -0.39 is 10.0 Å². The normalized spacial score (nSPS) is 12.6. The maximum atomic E-state index is 12.4. The zero-order valence-electron chi connectivity index (χ0n) is 13.2. The van der Waals surface area contributed by atoms with Crippen LogP contribution < -0.4 is 10.5 Å². The lowest BCUT2D eigenvalue weighted by Crippen LogP contribution is -2.29. The van der Waals surface area contributed by atoms with Crippen molar-refractivity contribution in [3.63, 3.8) is 0 Å². The second-order valence-corrected chi connectivity index (χ2v) is 7.83. The van der Waals surface area contributed by atoms with Gasteiger partial charge in [-0.1, -0.05) is 37.3 Å². The van der Waals surface area contributed by atoms with Gasteiger partial charge in [0.1, 0.15) is 0 Å². The van der Waals surface area contributed by atoms with Gasteiger partial charge in [-0.2, -0.15) is 0 Å². The number of primary sulfonamides is 1. The highest BCUT2D eigenvalue weighted by atomic mass is 79.9. The number of carbonyl (C=O) groups excluding carboxylic acids is 1. The number of nitrogens with one attached hydrogen (secondary N) is 1. The van der Waals surface area contributed by atoms with Gasteiger partial charge in [0.15, 0.2) is 0 Å². The van der Waals surface area contributed by atoms with E-state index in [-0.39, 0.29) is 22.3 Å². The van der Waals surface area contributed by atoms with E-state index in [2.05, 4.69) is 28.2 Å². The van der Waals surface area contributed by atoms with Crippen molar-refractivity contribution in [3.05, 3.63) is 64.1 Å². The molecule has 0 aromatic heterocycles. The van der Waals surface area contributed by atoms with Crippen molar-refractivity contribution < 1.29 is 13.2 Å². The summed E-state index contributed by atoms with van der Waals surface area (Å²) < 4.78 is 23.4. The number of hydrogen-bond donors (Lipinski definition) is 2. The molecule has 0 saturated carbocycles. The van der Waals surface area contributed by atoms with Crippen LogP contribution in [0.4, 0.5) is 0 Å². The van der Waals surface area contributed by atoms with E-state index in [1.165, 1.54) is 18.2 Å². The molecule has 128 valence electrons. The molecule has 0 unspecified atom stereocenters. The van der Waals surface area contributed by atoms with Gasteiger partial charge in [-0.25, -0.2) is 13.6 Å². The molecule has 3 N–H and O–H groups in total. The van der Waals surface area contributed by atoms with Gasteiger partial charge in [0, 0.05) is 16.9 Å². The SMILES string of the molecule is CC[C@@H](CNC(=O)c1cc(S(N)(=O)=O)ccc1Br)c1ccccc1. The molecule has 0 spiro atoms. The first-order valence-electron chi connectivity index (χ1n) is 7.48. The van der Waals surface area contributed by atoms with Gasteiger partial charge in [0.2, 0.25) is 10.0 Å². The Labute approximate surface area is 150 Å². The van der Waals surface area contributed by atoms with Crippen LogP contribution in [0.5, 0.6) is 0 Å². The summed E-state index contributed by atoms with van der Waals surface area (Å²) in [6, 6.07) is 14.1. The average molecular weight is 411 g/mol. The van der Waals surface area contributed by atoms with Gasteiger partial charge in [0.05, 0.1) is 10.5 Å². The van der Waals surface area contributed by atoms with E-state index in [0.717, 1.165) is 12.0 Å². The first-order chi connectivity index (χ1) is 11.3. The van der Waals surface area contributed by atoms with Crippen LogP contribution in [0.2, 0.25) is 0 Å². The van der Waals surface area contributed by atoms with E-state index in [4.69, 9.17) is 5.14 Å². The third-order valence-corrected chi connectivity index (χ3v) is 5.39. The number of benzene rings is 2. The highest BCUT2D eigenvalue weighted by Gasteiger charge is 2.17. The number of hydrogen-bond acceptors (Lipinski definition) is 3. The molecule has 2 aromatic rings. The van der Waals surface area contributed by atoms with Crippen LogP contribution in [0.1, 0.15) is 35.2 Å². The summed E-state index contributed by atoms with van der Waals surface area (Å²) in [5.41, 5.74) is 1.39. The molecule has 1 atom stereocenters. The third kappa shape index (κ3) is 4.66. The summed E-state index contributed by atoms with van der Waals surface area (Å²) in [7, 11) is -3.86. The maximum Gasteiger partial charge on any atom is 0.252 e. The first-order valence-corrected chi connectivity index (χ1v) is 9.82. The molecular formula is C17H19BrN2O3S. The fraction of sp³-hybridized carbons (Fsp3) is 0.235. The van der Waals surface area contributed by atoms with Gasteiger partial charge in [-0.3, -0.25) is 4.79 Å². The van der Waals surface area contributed by atoms with Gasteiger partial charge >= 0.3 is 0 Å². The Bertz CT molecular complexity index is 823. The van der Waals surface area contributed by atoms with Crippen LogP contribution in [0.15, 0.2) is 57.9 Å². The summed E-state index contributed by atoms with van der Waals surface area (Å²) in [6.07, 6.45) is 0.878. The molecular weight excluding hydrogens is 392 g/mol. The average Bonchev–Trinajstić information content (AvgIpc) is 2.55. The molecule has 0 saturated heterocycles. The number of carbonyl (C=O) groups is 1. The predicted octanol–water partition coefficient (Wildman–Crippen LogP) is 3.02. The van der Waals surface area contributed by atoms with Crippen molar-refractivity contribution in [1.29, 1.82) is 0 Å². The number of rotatable bonds is 6. The van der Waals surface area contributed by atoms with Crippen LogP contribution >= 0.6 is 15.9 Å². The largest absolute Gasteiger partial charge is 0.351 e. The van der Waals surface area contributed by atoms with Gasteiger partial charge < -0.3 is 5.32 Å². The van der Waals surface area contributed by atoms with Crippen molar-refractivity contribution >= 4 is 31.9 Å². The monoisotopic (exact) mass is 410 g/mol. The summed E-state index contributed by atoms with van der Waals surface area (Å²) in [5.74, 6) is -0.155. The first kappa shape index (κ1) is 18.6. The Hall–Kier alpha value is -1.70. The second-order valence-electron chi connectivity index (χ2n) is 5.41. The quantitative estimate of drug-likeness (QED) is 0.766. The molecule has 0 heterocycles. The molecule has 7 heteroatoms. The molecule has 0 bridgehead atoms. The van der Waals surface area contributed by atoms with Gasteiger partial charge in [0.25, 0.3) is 5.91 Å². The molecule has 5 nitrogen and oxygen atoms in total. The van der Waals surface area contributed by atoms with Crippen molar-refractivity contribution in [2.24, 2.45) is 5.14 Å². The van der Waals surface area contributed by atoms with Crippen LogP contribution in [-0.4, -0.2) is 20.9 Å². The lowest BCUT2D eigenvalue weighted by molar-refractivity contribution is 0.0950. The lowest BCUT2D eigenvalue weighted by atomic mass is 9.96. The van der Waals surface area contributed by atoms with Crippen molar-refractivity contribution in [2.75, 3.05) is 6.54 Å². The lowest BCUT2D eigenvalue weighted by Gasteiger charge is -2.16. The van der Waals surface area contributed by atoms with Crippen LogP contribution in [-0.2, 0) is 10.0 Å². The summed E-state index contributed by atoms with van der Waals surface area (Å²) >= 11 is 3.27. The van der Waals surface area contributed by atoms with E-state index in [1.54, 1.807) is 0 Å². The van der Waals surface area contributed by atoms with E-state index in [9.17, 15) is 13.2 Å². The number of sulfonamides is 1. The van der Waals surface area contributed by atoms with E-state index >= 15 is 0 Å². The zero-order valence-corrected chi connectivity index (χ0v) is 15.6. The molecule has 2 rings (SSSR count). The van der Waals surface area contributed by atoms with Gasteiger partial charge in [-0.15, -0.1) is 0 Å². The maximum absolute atomic E-state index is 12.4. The minimum atomic E-state index is -3.86. The molecule has 0 aliphatic heterocycles. The molecule has 24 heavy (non-hydrogen) atoms. The Morgan fingerprint density at radius 2 is 1.88 bits per heavy atom. The topological polar surface area (TPSA) is 89.3 Å². The van der Waals surface area contributed by atoms with E-state index in [1.807, 2.05) is 30.3 Å². The smallest absolute Gasteiger partial charge is 0.252 e. The number of halogens is 1. The van der Waals surface area contributed by atoms with E-state index in [0.29, 0.717) is 11.0 Å². The summed E-state index contributed by atoms with van der Waals surface area (Å²) in [6.45, 7) is 2.52. The summed E-state index contributed by atoms with van der Waals surface area (Å²) in [5, 5.41) is 7.98. The van der Waals surface area contributed by atoms with Crippen LogP contribution in [0.3, 0.4) is 0 Å². The van der Waals surface area contributed by atoms with Crippen molar-refractivity contribution in [2.45, 2.75) is 24.2 Å². The zero-order chi connectivity index (χ0) is 17.7. The molecule has 0 radical (unpaired) electrons. The van der Waals surface area contributed by atoms with Crippen molar-refractivity contribution in [3.8, 4) is 0 Å². The van der Waals surface area contributed by atoms with Crippen LogP contribution in [0, 0.1) is 0 Å². The molecule has 0 aliphatic carbocycles. The molecule has 0 fully saturated rings. The number of amides is 1.